The second-order valence-corrected chi connectivity index (χ2v) is 4.13. The maximum absolute atomic E-state index is 11.6. The monoisotopic (exact) mass is 244 g/mol. The van der Waals surface area contributed by atoms with Crippen LogP contribution in [-0.2, 0) is 4.74 Å². The number of terminal acetylenes is 1. The number of rotatable bonds is 3. The predicted molar refractivity (Wildman–Crippen MR) is 68.9 cm³/mol. The quantitative estimate of drug-likeness (QED) is 0.791. The lowest BCUT2D eigenvalue weighted by Gasteiger charge is -2.20. The fourth-order valence-corrected chi connectivity index (χ4v) is 2.06. The first-order valence-corrected chi connectivity index (χ1v) is 5.95. The van der Waals surface area contributed by atoms with Gasteiger partial charge in [0.1, 0.15) is 6.10 Å². The largest absolute Gasteiger partial charge is 0.371 e. The van der Waals surface area contributed by atoms with E-state index >= 15 is 0 Å². The van der Waals surface area contributed by atoms with E-state index in [0.29, 0.717) is 6.61 Å². The van der Waals surface area contributed by atoms with Gasteiger partial charge in [0.2, 0.25) is 0 Å². The van der Waals surface area contributed by atoms with Crippen molar-refractivity contribution >= 4 is 6.03 Å². The van der Waals surface area contributed by atoms with E-state index in [1.807, 2.05) is 30.3 Å². The van der Waals surface area contributed by atoms with Gasteiger partial charge in [-0.15, -0.1) is 6.42 Å². The second-order valence-electron chi connectivity index (χ2n) is 4.13. The van der Waals surface area contributed by atoms with Gasteiger partial charge in [-0.25, -0.2) is 4.79 Å². The lowest BCUT2D eigenvalue weighted by molar-refractivity contribution is 0.1000. The normalized spacial score (nSPS) is 22.2. The molecule has 0 spiro atoms. The Morgan fingerprint density at radius 3 is 2.94 bits per heavy atom. The molecule has 1 aromatic carbocycles. The summed E-state index contributed by atoms with van der Waals surface area (Å²) in [5.41, 5.74) is 1.08. The van der Waals surface area contributed by atoms with E-state index in [-0.39, 0.29) is 24.7 Å². The fraction of sp³-hybridized carbons (Fsp3) is 0.357. The van der Waals surface area contributed by atoms with Gasteiger partial charge < -0.3 is 15.4 Å². The third-order valence-electron chi connectivity index (χ3n) is 2.89. The molecule has 18 heavy (non-hydrogen) atoms. The molecule has 1 saturated heterocycles. The molecule has 94 valence electrons. The van der Waals surface area contributed by atoms with Crippen molar-refractivity contribution in [1.29, 1.82) is 0 Å². The van der Waals surface area contributed by atoms with Crippen LogP contribution in [0.3, 0.4) is 0 Å². The van der Waals surface area contributed by atoms with E-state index in [4.69, 9.17) is 11.2 Å². The third-order valence-corrected chi connectivity index (χ3v) is 2.89. The van der Waals surface area contributed by atoms with Gasteiger partial charge in [-0.05, 0) is 12.0 Å². The molecule has 0 bridgehead atoms. The molecule has 0 radical (unpaired) electrons. The highest BCUT2D eigenvalue weighted by atomic mass is 16.5. The van der Waals surface area contributed by atoms with Gasteiger partial charge in [-0.3, -0.25) is 0 Å². The Kier molecular flexibility index (Phi) is 4.21. The first-order chi connectivity index (χ1) is 8.81. The summed E-state index contributed by atoms with van der Waals surface area (Å²) in [5, 5.41) is 5.48. The van der Waals surface area contributed by atoms with Crippen molar-refractivity contribution in [3.63, 3.8) is 0 Å². The molecule has 1 fully saturated rings. The highest BCUT2D eigenvalue weighted by molar-refractivity contribution is 5.74. The Hall–Kier alpha value is -1.99. The minimum Gasteiger partial charge on any atom is -0.371 e. The lowest BCUT2D eigenvalue weighted by atomic mass is 10.0. The van der Waals surface area contributed by atoms with Gasteiger partial charge in [0.05, 0.1) is 12.6 Å². The van der Waals surface area contributed by atoms with Crippen LogP contribution in [0.2, 0.25) is 0 Å². The summed E-state index contributed by atoms with van der Waals surface area (Å²) in [5.74, 6) is 2.36. The Labute approximate surface area is 107 Å². The summed E-state index contributed by atoms with van der Waals surface area (Å²) in [6.45, 7) is 0.884. The van der Waals surface area contributed by atoms with E-state index in [0.717, 1.165) is 12.0 Å². The fourth-order valence-electron chi connectivity index (χ4n) is 2.06. The molecule has 1 aliphatic heterocycles. The van der Waals surface area contributed by atoms with Crippen LogP contribution in [-0.4, -0.2) is 25.2 Å². The van der Waals surface area contributed by atoms with E-state index < -0.39 is 0 Å². The lowest BCUT2D eigenvalue weighted by Crippen LogP contribution is -2.43. The summed E-state index contributed by atoms with van der Waals surface area (Å²) in [7, 11) is 0. The highest BCUT2D eigenvalue weighted by Gasteiger charge is 2.30. The first kappa shape index (κ1) is 12.5. The van der Waals surface area contributed by atoms with Crippen LogP contribution in [0.5, 0.6) is 0 Å². The summed E-state index contributed by atoms with van der Waals surface area (Å²) in [6.07, 6.45) is 5.81. The van der Waals surface area contributed by atoms with Gasteiger partial charge in [0, 0.05) is 6.61 Å². The number of nitrogens with one attached hydrogen (secondary N) is 2. The number of benzene rings is 1. The Bertz CT molecular complexity index is 439. The Balaban J connectivity index is 1.96. The first-order valence-electron chi connectivity index (χ1n) is 5.95. The van der Waals surface area contributed by atoms with Crippen molar-refractivity contribution in [3.8, 4) is 12.3 Å². The zero-order valence-corrected chi connectivity index (χ0v) is 10.1. The van der Waals surface area contributed by atoms with Crippen molar-refractivity contribution in [2.45, 2.75) is 18.6 Å². The SMILES string of the molecule is C#CCNC(=O)NC1CCOC1c1ccccc1. The van der Waals surface area contributed by atoms with Crippen LogP contribution in [0.4, 0.5) is 4.79 Å². The molecule has 2 rings (SSSR count). The molecule has 2 unspecified atom stereocenters. The summed E-state index contributed by atoms with van der Waals surface area (Å²) >= 11 is 0. The van der Waals surface area contributed by atoms with Crippen LogP contribution in [0.1, 0.15) is 18.1 Å². The van der Waals surface area contributed by atoms with Gasteiger partial charge in [0.15, 0.2) is 0 Å². The number of hydrogen-bond donors (Lipinski definition) is 2. The molecule has 4 nitrogen and oxygen atoms in total. The van der Waals surface area contributed by atoms with Crippen LogP contribution in [0.15, 0.2) is 30.3 Å². The third kappa shape index (κ3) is 3.02. The average Bonchev–Trinajstić information content (AvgIpc) is 2.85. The molecule has 0 aliphatic carbocycles. The smallest absolute Gasteiger partial charge is 0.315 e. The number of amides is 2. The molecule has 1 aromatic rings. The van der Waals surface area contributed by atoms with Crippen molar-refractivity contribution in [3.05, 3.63) is 35.9 Å². The van der Waals surface area contributed by atoms with E-state index in [1.165, 1.54) is 0 Å². The summed E-state index contributed by atoms with van der Waals surface area (Å²) in [4.78, 5) is 11.6. The van der Waals surface area contributed by atoms with Crippen LogP contribution in [0.25, 0.3) is 0 Å². The Morgan fingerprint density at radius 2 is 2.22 bits per heavy atom. The number of hydrogen-bond acceptors (Lipinski definition) is 2. The van der Waals surface area contributed by atoms with E-state index in [9.17, 15) is 4.79 Å². The molecular weight excluding hydrogens is 228 g/mol. The van der Waals surface area contributed by atoms with Gasteiger partial charge in [0.25, 0.3) is 0 Å². The summed E-state index contributed by atoms with van der Waals surface area (Å²) < 4.78 is 5.67. The molecular formula is C14H16N2O2. The van der Waals surface area contributed by atoms with Crippen molar-refractivity contribution in [2.24, 2.45) is 0 Å². The Morgan fingerprint density at radius 1 is 1.44 bits per heavy atom. The van der Waals surface area contributed by atoms with Crippen molar-refractivity contribution in [1.82, 2.24) is 10.6 Å². The van der Waals surface area contributed by atoms with Crippen LogP contribution < -0.4 is 10.6 Å². The molecule has 1 aliphatic rings. The molecule has 0 saturated carbocycles. The van der Waals surface area contributed by atoms with Gasteiger partial charge in [-0.1, -0.05) is 36.3 Å². The second kappa shape index (κ2) is 6.08. The number of carbonyl (C=O) groups excluding carboxylic acids is 1. The van der Waals surface area contributed by atoms with Gasteiger partial charge in [-0.2, -0.15) is 0 Å². The number of ether oxygens (including phenoxy) is 1. The zero-order valence-electron chi connectivity index (χ0n) is 10.1. The standard InChI is InChI=1S/C14H16N2O2/c1-2-9-15-14(17)16-12-8-10-18-13(12)11-6-4-3-5-7-11/h1,3-7,12-13H,8-10H2,(H2,15,16,17). The molecule has 2 atom stereocenters. The molecule has 2 N–H and O–H groups in total. The topological polar surface area (TPSA) is 50.4 Å². The minimum atomic E-state index is -0.246. The summed E-state index contributed by atoms with van der Waals surface area (Å²) in [6, 6.07) is 9.64. The number of urea groups is 1. The molecule has 4 heteroatoms. The van der Waals surface area contributed by atoms with Crippen LogP contribution >= 0.6 is 0 Å². The van der Waals surface area contributed by atoms with Gasteiger partial charge >= 0.3 is 6.03 Å². The van der Waals surface area contributed by atoms with Crippen molar-refractivity contribution in [2.75, 3.05) is 13.2 Å². The highest BCUT2D eigenvalue weighted by Crippen LogP contribution is 2.28. The zero-order chi connectivity index (χ0) is 12.8. The van der Waals surface area contributed by atoms with E-state index in [2.05, 4.69) is 16.6 Å². The molecule has 1 heterocycles. The van der Waals surface area contributed by atoms with Crippen molar-refractivity contribution < 1.29 is 9.53 Å². The minimum absolute atomic E-state index is 0.00910. The maximum Gasteiger partial charge on any atom is 0.315 e. The van der Waals surface area contributed by atoms with E-state index in [1.54, 1.807) is 0 Å². The van der Waals surface area contributed by atoms with Crippen LogP contribution in [0, 0.1) is 12.3 Å². The number of carbonyl (C=O) groups is 1. The predicted octanol–water partition coefficient (Wildman–Crippen LogP) is 1.45. The molecule has 2 amide bonds. The average molecular weight is 244 g/mol. The molecule has 0 aromatic heterocycles. The maximum atomic E-state index is 11.6.